The Hall–Kier alpha value is -2.73. The minimum Gasteiger partial charge on any atom is -0.303 e. The first-order chi connectivity index (χ1) is 14.2. The zero-order valence-electron chi connectivity index (χ0n) is 17.1. The summed E-state index contributed by atoms with van der Waals surface area (Å²) in [5, 5.41) is 8.51. The van der Waals surface area contributed by atoms with Gasteiger partial charge in [0.2, 0.25) is 6.41 Å². The first kappa shape index (κ1) is 19.6. The average Bonchev–Trinajstić information content (AvgIpc) is 3.24. The van der Waals surface area contributed by atoms with Crippen LogP contribution in [0.3, 0.4) is 0 Å². The molecule has 0 radical (unpaired) electrons. The molecule has 1 N–H and O–H groups in total. The number of rotatable bonds is 8. The van der Waals surface area contributed by atoms with E-state index in [1.165, 1.54) is 32.4 Å². The molecule has 152 valence electrons. The molecule has 0 spiro atoms. The van der Waals surface area contributed by atoms with Crippen molar-refractivity contribution >= 4 is 23.1 Å². The Morgan fingerprint density at radius 3 is 2.86 bits per heavy atom. The van der Waals surface area contributed by atoms with Crippen molar-refractivity contribution in [2.75, 3.05) is 31.1 Å². The number of hydrogen-bond donors (Lipinski definition) is 1. The number of carbonyl (C=O) groups is 1. The summed E-state index contributed by atoms with van der Waals surface area (Å²) >= 11 is 0. The molecular formula is C23H29N5O. The van der Waals surface area contributed by atoms with Gasteiger partial charge in [0.25, 0.3) is 0 Å². The molecule has 3 heterocycles. The number of nitrogens with zero attached hydrogens (tertiary/aromatic N) is 4. The fraction of sp³-hybridized carbons (Fsp3) is 0.435. The van der Waals surface area contributed by atoms with E-state index in [-0.39, 0.29) is 0 Å². The predicted molar refractivity (Wildman–Crippen MR) is 117 cm³/mol. The van der Waals surface area contributed by atoms with Crippen LogP contribution in [-0.2, 0) is 4.79 Å². The molecule has 0 saturated carbocycles. The summed E-state index contributed by atoms with van der Waals surface area (Å²) in [6.07, 6.45) is 7.67. The molecule has 1 saturated heterocycles. The van der Waals surface area contributed by atoms with Gasteiger partial charge in [-0.1, -0.05) is 31.5 Å². The standard InChI is InChI=1S/C23H29N5O/c1-18(16-27-10-5-2-6-11-27)9-12-28(17-29)23-14-22(25-26-23)20-13-19-7-3-4-8-21(19)24-15-20/h3-4,7-8,13-15,17-18H,2,5-6,9-12,16H2,1H3,(H,25,26). The van der Waals surface area contributed by atoms with Crippen LogP contribution in [-0.4, -0.2) is 52.7 Å². The maximum Gasteiger partial charge on any atom is 0.215 e. The maximum atomic E-state index is 11.7. The highest BCUT2D eigenvalue weighted by molar-refractivity contribution is 5.83. The van der Waals surface area contributed by atoms with E-state index in [0.29, 0.717) is 18.3 Å². The fourth-order valence-electron chi connectivity index (χ4n) is 4.08. The van der Waals surface area contributed by atoms with E-state index in [0.717, 1.165) is 41.5 Å². The van der Waals surface area contributed by atoms with Crippen molar-refractivity contribution in [1.82, 2.24) is 20.1 Å². The lowest BCUT2D eigenvalue weighted by atomic mass is 10.0. The molecule has 1 aliphatic rings. The summed E-state index contributed by atoms with van der Waals surface area (Å²) in [4.78, 5) is 20.4. The number of carbonyl (C=O) groups excluding carboxylic acids is 1. The number of pyridine rings is 1. The minimum absolute atomic E-state index is 0.554. The van der Waals surface area contributed by atoms with Crippen molar-refractivity contribution in [1.29, 1.82) is 0 Å². The SMILES string of the molecule is CC(CCN(C=O)c1cc(-c2cnc3ccccc3c2)[nH]n1)CN1CCCCC1. The molecule has 3 aromatic rings. The molecule has 6 heteroatoms. The number of anilines is 1. The second kappa shape index (κ2) is 9.18. The lowest BCUT2D eigenvalue weighted by molar-refractivity contribution is -0.107. The number of aromatic nitrogens is 3. The average molecular weight is 392 g/mol. The summed E-state index contributed by atoms with van der Waals surface area (Å²) in [5.74, 6) is 1.21. The maximum absolute atomic E-state index is 11.7. The predicted octanol–water partition coefficient (Wildman–Crippen LogP) is 4.10. The molecule has 6 nitrogen and oxygen atoms in total. The van der Waals surface area contributed by atoms with Crippen molar-refractivity contribution in [2.45, 2.75) is 32.6 Å². The molecule has 4 rings (SSSR count). The summed E-state index contributed by atoms with van der Waals surface area (Å²) in [5.41, 5.74) is 2.80. The Balaban J connectivity index is 1.39. The second-order valence-corrected chi connectivity index (χ2v) is 8.11. The van der Waals surface area contributed by atoms with Gasteiger partial charge in [-0.05, 0) is 50.4 Å². The number of H-pyrrole nitrogens is 1. The molecule has 2 aromatic heterocycles. The van der Waals surface area contributed by atoms with Crippen LogP contribution in [0.1, 0.15) is 32.6 Å². The highest BCUT2D eigenvalue weighted by atomic mass is 16.1. The van der Waals surface area contributed by atoms with E-state index in [2.05, 4.69) is 33.1 Å². The van der Waals surface area contributed by atoms with E-state index < -0.39 is 0 Å². The van der Waals surface area contributed by atoms with Gasteiger partial charge < -0.3 is 4.90 Å². The zero-order chi connectivity index (χ0) is 20.1. The van der Waals surface area contributed by atoms with Crippen LogP contribution in [0.5, 0.6) is 0 Å². The van der Waals surface area contributed by atoms with Gasteiger partial charge in [0.15, 0.2) is 5.82 Å². The number of piperidine rings is 1. The molecule has 29 heavy (non-hydrogen) atoms. The highest BCUT2D eigenvalue weighted by Crippen LogP contribution is 2.24. The Morgan fingerprint density at radius 2 is 2.03 bits per heavy atom. The first-order valence-corrected chi connectivity index (χ1v) is 10.6. The smallest absolute Gasteiger partial charge is 0.215 e. The number of aromatic amines is 1. The number of nitrogens with one attached hydrogen (secondary N) is 1. The second-order valence-electron chi connectivity index (χ2n) is 8.11. The Bertz CT molecular complexity index is 947. The van der Waals surface area contributed by atoms with Crippen LogP contribution in [0.25, 0.3) is 22.2 Å². The number of fused-ring (bicyclic) bond motifs is 1. The van der Waals surface area contributed by atoms with Gasteiger partial charge in [-0.15, -0.1) is 0 Å². The third-order valence-corrected chi connectivity index (χ3v) is 5.77. The van der Waals surface area contributed by atoms with Crippen LogP contribution in [0.15, 0.2) is 42.6 Å². The van der Waals surface area contributed by atoms with E-state index in [4.69, 9.17) is 0 Å². The van der Waals surface area contributed by atoms with E-state index in [9.17, 15) is 4.79 Å². The van der Waals surface area contributed by atoms with Crippen molar-refractivity contribution in [3.8, 4) is 11.3 Å². The van der Waals surface area contributed by atoms with E-state index in [1.54, 1.807) is 4.90 Å². The Labute approximate surface area is 171 Å². The van der Waals surface area contributed by atoms with Crippen molar-refractivity contribution in [2.24, 2.45) is 5.92 Å². The van der Waals surface area contributed by atoms with E-state index >= 15 is 0 Å². The van der Waals surface area contributed by atoms with Crippen LogP contribution in [0.4, 0.5) is 5.82 Å². The van der Waals surface area contributed by atoms with Gasteiger partial charge in [0.1, 0.15) is 0 Å². The monoisotopic (exact) mass is 391 g/mol. The molecule has 0 aliphatic carbocycles. The largest absolute Gasteiger partial charge is 0.303 e. The van der Waals surface area contributed by atoms with Crippen molar-refractivity contribution in [3.63, 3.8) is 0 Å². The lowest BCUT2D eigenvalue weighted by Crippen LogP contribution is -2.34. The van der Waals surface area contributed by atoms with Crippen molar-refractivity contribution in [3.05, 3.63) is 42.6 Å². The molecule has 1 aliphatic heterocycles. The lowest BCUT2D eigenvalue weighted by Gasteiger charge is -2.29. The van der Waals surface area contributed by atoms with Crippen LogP contribution in [0.2, 0.25) is 0 Å². The van der Waals surface area contributed by atoms with Crippen LogP contribution >= 0.6 is 0 Å². The third-order valence-electron chi connectivity index (χ3n) is 5.77. The van der Waals surface area contributed by atoms with E-state index in [1.807, 2.05) is 36.5 Å². The number of para-hydroxylation sites is 1. The molecule has 0 bridgehead atoms. The number of amides is 1. The summed E-state index contributed by atoms with van der Waals surface area (Å²) in [6.45, 7) is 6.49. The molecule has 1 amide bonds. The molecule has 1 atom stereocenters. The highest BCUT2D eigenvalue weighted by Gasteiger charge is 2.16. The Kier molecular flexibility index (Phi) is 6.20. The van der Waals surface area contributed by atoms with Crippen molar-refractivity contribution < 1.29 is 4.79 Å². The van der Waals surface area contributed by atoms with Gasteiger partial charge in [0, 0.05) is 36.3 Å². The number of benzene rings is 1. The van der Waals surface area contributed by atoms with Gasteiger partial charge in [0.05, 0.1) is 11.2 Å². The normalized spacial score (nSPS) is 16.0. The minimum atomic E-state index is 0.554. The molecular weight excluding hydrogens is 362 g/mol. The third kappa shape index (κ3) is 4.82. The summed E-state index contributed by atoms with van der Waals surface area (Å²) in [7, 11) is 0. The first-order valence-electron chi connectivity index (χ1n) is 10.6. The zero-order valence-corrected chi connectivity index (χ0v) is 17.1. The molecule has 1 fully saturated rings. The summed E-state index contributed by atoms with van der Waals surface area (Å²) < 4.78 is 0. The summed E-state index contributed by atoms with van der Waals surface area (Å²) in [6, 6.07) is 12.0. The number of likely N-dealkylation sites (tertiary alicyclic amines) is 1. The fourth-order valence-corrected chi connectivity index (χ4v) is 4.08. The van der Waals surface area contributed by atoms with Gasteiger partial charge in [-0.2, -0.15) is 5.10 Å². The molecule has 1 aromatic carbocycles. The quantitative estimate of drug-likeness (QED) is 0.587. The van der Waals surface area contributed by atoms with Gasteiger partial charge in [-0.25, -0.2) is 0 Å². The van der Waals surface area contributed by atoms with Gasteiger partial charge in [-0.3, -0.25) is 19.8 Å². The van der Waals surface area contributed by atoms with Gasteiger partial charge >= 0.3 is 0 Å². The topological polar surface area (TPSA) is 65.1 Å². The van der Waals surface area contributed by atoms with Crippen LogP contribution in [0, 0.1) is 5.92 Å². The Morgan fingerprint density at radius 1 is 1.21 bits per heavy atom. The number of hydrogen-bond acceptors (Lipinski definition) is 4. The molecule has 1 unspecified atom stereocenters. The van der Waals surface area contributed by atoms with Crippen LogP contribution < -0.4 is 4.90 Å².